The van der Waals surface area contributed by atoms with Crippen molar-refractivity contribution in [3.63, 3.8) is 0 Å². The molecule has 0 saturated heterocycles. The average Bonchev–Trinajstić information content (AvgIpc) is 2.97. The van der Waals surface area contributed by atoms with Crippen molar-refractivity contribution in [2.45, 2.75) is 38.7 Å². The summed E-state index contributed by atoms with van der Waals surface area (Å²) in [4.78, 5) is 12.5. The Bertz CT molecular complexity index is 410. The van der Waals surface area contributed by atoms with E-state index in [0.29, 0.717) is 43.8 Å². The number of hydrogen-bond acceptors (Lipinski definition) is 7. The summed E-state index contributed by atoms with van der Waals surface area (Å²) < 4.78 is 11.1. The van der Waals surface area contributed by atoms with Crippen molar-refractivity contribution in [2.75, 3.05) is 37.4 Å². The van der Waals surface area contributed by atoms with Crippen LogP contribution < -0.4 is 15.4 Å². The minimum absolute atomic E-state index is 0.325. The molecule has 0 spiro atoms. The van der Waals surface area contributed by atoms with Crippen LogP contribution in [0.1, 0.15) is 32.6 Å². The van der Waals surface area contributed by atoms with Crippen LogP contribution in [0.4, 0.5) is 11.9 Å². The van der Waals surface area contributed by atoms with Gasteiger partial charge in [-0.25, -0.2) is 0 Å². The van der Waals surface area contributed by atoms with Crippen molar-refractivity contribution in [2.24, 2.45) is 0 Å². The molecule has 7 heteroatoms. The number of nitrogens with zero attached hydrogens (tertiary/aromatic N) is 3. The Labute approximate surface area is 119 Å². The second kappa shape index (κ2) is 7.84. The topological polar surface area (TPSA) is 81.2 Å². The normalized spacial score (nSPS) is 15.3. The van der Waals surface area contributed by atoms with Crippen LogP contribution in [0.5, 0.6) is 6.01 Å². The maximum Gasteiger partial charge on any atom is 0.323 e. The lowest BCUT2D eigenvalue weighted by molar-refractivity contribution is 0.0658. The molecule has 0 aliphatic heterocycles. The molecule has 0 aromatic carbocycles. The Morgan fingerprint density at radius 1 is 1.15 bits per heavy atom. The fourth-order valence-corrected chi connectivity index (χ4v) is 2.18. The second-order valence-electron chi connectivity index (χ2n) is 4.65. The van der Waals surface area contributed by atoms with Gasteiger partial charge in [-0.1, -0.05) is 12.8 Å². The molecule has 1 aromatic heterocycles. The van der Waals surface area contributed by atoms with Crippen molar-refractivity contribution >= 4 is 11.9 Å². The summed E-state index contributed by atoms with van der Waals surface area (Å²) in [5.74, 6) is 0.991. The van der Waals surface area contributed by atoms with E-state index in [0.717, 1.165) is 0 Å². The lowest BCUT2D eigenvalue weighted by atomic mass is 10.3. The largest absolute Gasteiger partial charge is 0.464 e. The predicted octanol–water partition coefficient (Wildman–Crippen LogP) is 1.68. The third-order valence-corrected chi connectivity index (χ3v) is 3.15. The Kier molecular flexibility index (Phi) is 5.79. The minimum atomic E-state index is 0.325. The van der Waals surface area contributed by atoms with Gasteiger partial charge in [0.2, 0.25) is 11.9 Å². The van der Waals surface area contributed by atoms with E-state index in [1.807, 2.05) is 6.92 Å². The number of hydrogen-bond donors (Lipinski definition) is 2. The number of rotatable bonds is 8. The van der Waals surface area contributed by atoms with E-state index in [2.05, 4.69) is 25.6 Å². The average molecular weight is 281 g/mol. The van der Waals surface area contributed by atoms with E-state index in [-0.39, 0.29) is 0 Å². The molecule has 0 amide bonds. The third kappa shape index (κ3) is 4.48. The zero-order chi connectivity index (χ0) is 14.2. The second-order valence-corrected chi connectivity index (χ2v) is 4.65. The molecule has 0 radical (unpaired) electrons. The molecule has 112 valence electrons. The van der Waals surface area contributed by atoms with Crippen LogP contribution in [0.15, 0.2) is 0 Å². The molecule has 0 bridgehead atoms. The molecule has 1 heterocycles. The van der Waals surface area contributed by atoms with E-state index in [9.17, 15) is 0 Å². The van der Waals surface area contributed by atoms with Crippen molar-refractivity contribution in [3.05, 3.63) is 0 Å². The summed E-state index contributed by atoms with van der Waals surface area (Å²) in [6.45, 7) is 3.76. The van der Waals surface area contributed by atoms with E-state index in [1.54, 1.807) is 7.05 Å². The summed E-state index contributed by atoms with van der Waals surface area (Å²) in [5, 5.41) is 6.02. The van der Waals surface area contributed by atoms with Gasteiger partial charge in [-0.05, 0) is 19.8 Å². The molecule has 20 heavy (non-hydrogen) atoms. The fourth-order valence-electron chi connectivity index (χ4n) is 2.18. The van der Waals surface area contributed by atoms with E-state index < -0.39 is 0 Å². The van der Waals surface area contributed by atoms with E-state index in [4.69, 9.17) is 9.47 Å². The van der Waals surface area contributed by atoms with E-state index >= 15 is 0 Å². The van der Waals surface area contributed by atoms with Crippen LogP contribution in [-0.4, -0.2) is 47.9 Å². The first kappa shape index (κ1) is 14.8. The molecule has 2 N–H and O–H groups in total. The molecule has 1 fully saturated rings. The highest BCUT2D eigenvalue weighted by molar-refractivity contribution is 5.35. The predicted molar refractivity (Wildman–Crippen MR) is 77.2 cm³/mol. The molecule has 1 aliphatic rings. The molecule has 0 unspecified atom stereocenters. The minimum Gasteiger partial charge on any atom is -0.464 e. The van der Waals surface area contributed by atoms with Gasteiger partial charge in [-0.3, -0.25) is 0 Å². The Morgan fingerprint density at radius 2 is 1.90 bits per heavy atom. The van der Waals surface area contributed by atoms with Crippen molar-refractivity contribution < 1.29 is 9.47 Å². The molecule has 7 nitrogen and oxygen atoms in total. The van der Waals surface area contributed by atoms with Gasteiger partial charge in [-0.2, -0.15) is 15.0 Å². The van der Waals surface area contributed by atoms with E-state index in [1.165, 1.54) is 25.7 Å². The van der Waals surface area contributed by atoms with Crippen molar-refractivity contribution in [1.82, 2.24) is 15.0 Å². The lowest BCUT2D eigenvalue weighted by Crippen LogP contribution is -2.17. The number of aromatic nitrogens is 3. The summed E-state index contributed by atoms with van der Waals surface area (Å²) in [7, 11) is 1.76. The van der Waals surface area contributed by atoms with Gasteiger partial charge in [0.25, 0.3) is 0 Å². The summed E-state index contributed by atoms with van der Waals surface area (Å²) in [5.41, 5.74) is 0. The van der Waals surface area contributed by atoms with Gasteiger partial charge in [0.1, 0.15) is 0 Å². The highest BCUT2D eigenvalue weighted by atomic mass is 16.5. The summed E-state index contributed by atoms with van der Waals surface area (Å²) >= 11 is 0. The smallest absolute Gasteiger partial charge is 0.323 e. The maximum atomic E-state index is 5.78. The van der Waals surface area contributed by atoms with Crippen LogP contribution in [0.2, 0.25) is 0 Å². The number of ether oxygens (including phenoxy) is 2. The maximum absolute atomic E-state index is 5.78. The lowest BCUT2D eigenvalue weighted by Gasteiger charge is -2.12. The first-order chi connectivity index (χ1) is 9.81. The first-order valence-corrected chi connectivity index (χ1v) is 7.24. The number of nitrogens with one attached hydrogen (secondary N) is 2. The summed E-state index contributed by atoms with van der Waals surface area (Å²) in [6, 6.07) is 0.325. The van der Waals surface area contributed by atoms with Gasteiger partial charge < -0.3 is 20.1 Å². The van der Waals surface area contributed by atoms with Crippen LogP contribution in [0.3, 0.4) is 0 Å². The molecule has 2 rings (SSSR count). The van der Waals surface area contributed by atoms with Crippen molar-refractivity contribution in [1.29, 1.82) is 0 Å². The Balaban J connectivity index is 1.79. The first-order valence-electron chi connectivity index (χ1n) is 7.24. The molecular formula is C13H23N5O2. The highest BCUT2D eigenvalue weighted by Gasteiger charge is 2.14. The van der Waals surface area contributed by atoms with Crippen LogP contribution in [0, 0.1) is 0 Å². The SMILES string of the molecule is CCOc1nc(NC)nc(NCCOC2CCCC2)n1. The number of anilines is 2. The van der Waals surface area contributed by atoms with Crippen LogP contribution >= 0.6 is 0 Å². The molecule has 1 aliphatic carbocycles. The van der Waals surface area contributed by atoms with Gasteiger partial charge in [0, 0.05) is 13.6 Å². The molecule has 1 aromatic rings. The third-order valence-electron chi connectivity index (χ3n) is 3.15. The standard InChI is InChI=1S/C13H23N5O2/c1-3-19-13-17-11(14-2)16-12(18-13)15-8-9-20-10-6-4-5-7-10/h10H,3-9H2,1-2H3,(H2,14,15,16,17,18). The molecule has 1 saturated carbocycles. The summed E-state index contributed by atoms with van der Waals surface area (Å²) in [6.07, 6.45) is 5.37. The fraction of sp³-hybridized carbons (Fsp3) is 0.769. The van der Waals surface area contributed by atoms with Gasteiger partial charge in [0.15, 0.2) is 0 Å². The Morgan fingerprint density at radius 3 is 2.60 bits per heavy atom. The molecule has 0 atom stereocenters. The molecular weight excluding hydrogens is 258 g/mol. The van der Waals surface area contributed by atoms with Crippen LogP contribution in [0.25, 0.3) is 0 Å². The quantitative estimate of drug-likeness (QED) is 0.702. The van der Waals surface area contributed by atoms with Crippen molar-refractivity contribution in [3.8, 4) is 6.01 Å². The van der Waals surface area contributed by atoms with Gasteiger partial charge >= 0.3 is 6.01 Å². The van der Waals surface area contributed by atoms with Crippen LogP contribution in [-0.2, 0) is 4.74 Å². The van der Waals surface area contributed by atoms with Gasteiger partial charge in [0.05, 0.1) is 19.3 Å². The zero-order valence-electron chi connectivity index (χ0n) is 12.2. The monoisotopic (exact) mass is 281 g/mol. The highest BCUT2D eigenvalue weighted by Crippen LogP contribution is 2.20. The van der Waals surface area contributed by atoms with Gasteiger partial charge in [-0.15, -0.1) is 0 Å². The zero-order valence-corrected chi connectivity index (χ0v) is 12.2. The Hall–Kier alpha value is -1.63.